The van der Waals surface area contributed by atoms with Crippen LogP contribution in [0.2, 0.25) is 0 Å². The minimum absolute atomic E-state index is 0.149. The average Bonchev–Trinajstić information content (AvgIpc) is 2.72. The molecular formula is C11H15N3O3. The molecule has 0 bridgehead atoms. The molecule has 3 N–H and O–H groups in total. The van der Waals surface area contributed by atoms with Crippen LogP contribution in [0, 0.1) is 18.8 Å². The Bertz CT molecular complexity index is 458. The predicted octanol–water partition coefficient (Wildman–Crippen LogP) is 0.419. The van der Waals surface area contributed by atoms with Crippen molar-refractivity contribution < 1.29 is 14.4 Å². The van der Waals surface area contributed by atoms with Gasteiger partial charge in [0, 0.05) is 31.1 Å². The fraction of sp³-hybridized carbons (Fsp3) is 0.636. The summed E-state index contributed by atoms with van der Waals surface area (Å²) in [4.78, 5) is 12.3. The fourth-order valence-electron chi connectivity index (χ4n) is 3.26. The molecule has 1 saturated carbocycles. The number of likely N-dealkylation sites (tertiary alicyclic amines) is 1. The van der Waals surface area contributed by atoms with E-state index in [1.165, 1.54) is 4.90 Å². The molecule has 2 aliphatic rings. The number of aryl methyl sites for hydroxylation is 1. The maximum absolute atomic E-state index is 10.9. The van der Waals surface area contributed by atoms with E-state index in [0.717, 1.165) is 11.5 Å². The lowest BCUT2D eigenvalue weighted by molar-refractivity contribution is 0.146. The second kappa shape index (κ2) is 3.22. The van der Waals surface area contributed by atoms with Crippen LogP contribution in [-0.4, -0.2) is 40.9 Å². The number of piperidine rings is 1. The third kappa shape index (κ3) is 1.24. The molecule has 1 aromatic heterocycles. The maximum atomic E-state index is 10.9. The van der Waals surface area contributed by atoms with Gasteiger partial charge in [-0.05, 0) is 18.8 Å². The first kappa shape index (κ1) is 10.6. The lowest BCUT2D eigenvalue weighted by Crippen LogP contribution is -2.37. The summed E-state index contributed by atoms with van der Waals surface area (Å²) in [6.07, 6.45) is -0.848. The number of nitrogens with two attached hydrogens (primary N) is 1. The molecule has 17 heavy (non-hydrogen) atoms. The van der Waals surface area contributed by atoms with Crippen LogP contribution in [0.1, 0.15) is 11.5 Å². The van der Waals surface area contributed by atoms with Gasteiger partial charge in [-0.1, -0.05) is 5.16 Å². The first-order chi connectivity index (χ1) is 8.09. The Balaban J connectivity index is 1.84. The van der Waals surface area contributed by atoms with Gasteiger partial charge in [-0.15, -0.1) is 0 Å². The summed E-state index contributed by atoms with van der Waals surface area (Å²) >= 11 is 0. The topological polar surface area (TPSA) is 92.6 Å². The maximum Gasteiger partial charge on any atom is 0.407 e. The molecule has 0 spiro atoms. The van der Waals surface area contributed by atoms with Crippen LogP contribution in [0.5, 0.6) is 0 Å². The van der Waals surface area contributed by atoms with Crippen LogP contribution in [0.3, 0.4) is 0 Å². The first-order valence-corrected chi connectivity index (χ1v) is 5.71. The summed E-state index contributed by atoms with van der Waals surface area (Å²) in [6.45, 7) is 3.47. The van der Waals surface area contributed by atoms with Crippen molar-refractivity contribution in [2.24, 2.45) is 17.6 Å². The standard InChI is InChI=1S/C11H15N3O3/c1-6-2-9(13-17-6)11(5-12)7-3-14(10(15)16)4-8(7)11/h2,7-8H,3-5,12H2,1H3,(H,15,16)/t7-,8+,11-. The Hall–Kier alpha value is -1.56. The van der Waals surface area contributed by atoms with Gasteiger partial charge < -0.3 is 20.3 Å². The molecule has 2 heterocycles. The van der Waals surface area contributed by atoms with Crippen molar-refractivity contribution in [2.75, 3.05) is 19.6 Å². The van der Waals surface area contributed by atoms with E-state index in [-0.39, 0.29) is 5.41 Å². The Morgan fingerprint density at radius 3 is 2.76 bits per heavy atom. The van der Waals surface area contributed by atoms with Crippen molar-refractivity contribution in [3.63, 3.8) is 0 Å². The van der Waals surface area contributed by atoms with Gasteiger partial charge in [-0.2, -0.15) is 0 Å². The summed E-state index contributed by atoms with van der Waals surface area (Å²) in [5, 5.41) is 13.0. The average molecular weight is 237 g/mol. The zero-order valence-electron chi connectivity index (χ0n) is 9.59. The molecule has 0 radical (unpaired) electrons. The van der Waals surface area contributed by atoms with E-state index in [9.17, 15) is 4.79 Å². The number of hydrogen-bond donors (Lipinski definition) is 2. The van der Waals surface area contributed by atoms with Gasteiger partial charge in [0.15, 0.2) is 0 Å². The summed E-state index contributed by atoms with van der Waals surface area (Å²) in [7, 11) is 0. The number of hydrogen-bond acceptors (Lipinski definition) is 4. The van der Waals surface area contributed by atoms with Gasteiger partial charge in [0.05, 0.1) is 5.69 Å². The molecule has 2 fully saturated rings. The Morgan fingerprint density at radius 1 is 1.71 bits per heavy atom. The number of aromatic nitrogens is 1. The first-order valence-electron chi connectivity index (χ1n) is 5.71. The van der Waals surface area contributed by atoms with E-state index in [4.69, 9.17) is 15.4 Å². The highest BCUT2D eigenvalue weighted by Gasteiger charge is 2.70. The molecule has 3 rings (SSSR count). The number of carbonyl (C=O) groups is 1. The number of carboxylic acid groups (broad SMARTS) is 1. The van der Waals surface area contributed by atoms with E-state index in [0.29, 0.717) is 31.5 Å². The Labute approximate surface area is 98.4 Å². The SMILES string of the molecule is Cc1cc([C@]2(CN)[C@@H]3CN(C(=O)O)C[C@@H]32)no1. The number of fused-ring (bicyclic) bond motifs is 1. The molecule has 0 unspecified atom stereocenters. The lowest BCUT2D eigenvalue weighted by Gasteiger charge is -2.22. The number of amides is 1. The normalized spacial score (nSPS) is 34.8. The summed E-state index contributed by atoms with van der Waals surface area (Å²) in [6, 6.07) is 1.91. The van der Waals surface area contributed by atoms with Gasteiger partial charge in [0.25, 0.3) is 0 Å². The van der Waals surface area contributed by atoms with Gasteiger partial charge in [-0.25, -0.2) is 4.79 Å². The van der Waals surface area contributed by atoms with Crippen LogP contribution in [0.4, 0.5) is 4.79 Å². The van der Waals surface area contributed by atoms with Crippen LogP contribution in [0.25, 0.3) is 0 Å². The number of rotatable bonds is 2. The van der Waals surface area contributed by atoms with Crippen molar-refractivity contribution >= 4 is 6.09 Å². The number of nitrogens with zero attached hydrogens (tertiary/aromatic N) is 2. The van der Waals surface area contributed by atoms with Gasteiger partial charge in [0.2, 0.25) is 0 Å². The molecule has 3 atom stereocenters. The quantitative estimate of drug-likeness (QED) is 0.777. The monoisotopic (exact) mass is 237 g/mol. The highest BCUT2D eigenvalue weighted by molar-refractivity contribution is 5.66. The highest BCUT2D eigenvalue weighted by atomic mass is 16.5. The van der Waals surface area contributed by atoms with Crippen molar-refractivity contribution in [3.8, 4) is 0 Å². The summed E-state index contributed by atoms with van der Waals surface area (Å²) in [5.74, 6) is 1.37. The third-order valence-corrected chi connectivity index (χ3v) is 4.25. The zero-order chi connectivity index (χ0) is 12.2. The van der Waals surface area contributed by atoms with E-state index in [1.807, 2.05) is 13.0 Å². The van der Waals surface area contributed by atoms with E-state index >= 15 is 0 Å². The second-order valence-electron chi connectivity index (χ2n) is 4.97. The molecule has 92 valence electrons. The molecule has 0 aromatic carbocycles. The molecule has 1 aliphatic carbocycles. The molecule has 1 amide bonds. The largest absolute Gasteiger partial charge is 0.465 e. The molecular weight excluding hydrogens is 222 g/mol. The third-order valence-electron chi connectivity index (χ3n) is 4.25. The molecule has 6 heteroatoms. The van der Waals surface area contributed by atoms with E-state index in [2.05, 4.69) is 5.16 Å². The minimum atomic E-state index is -0.848. The van der Waals surface area contributed by atoms with Gasteiger partial charge in [0.1, 0.15) is 5.76 Å². The summed E-state index contributed by atoms with van der Waals surface area (Å²) < 4.78 is 5.10. The fourth-order valence-corrected chi connectivity index (χ4v) is 3.26. The van der Waals surface area contributed by atoms with Crippen LogP contribution in [-0.2, 0) is 5.41 Å². The molecule has 1 saturated heterocycles. The van der Waals surface area contributed by atoms with Crippen molar-refractivity contribution in [2.45, 2.75) is 12.3 Å². The zero-order valence-corrected chi connectivity index (χ0v) is 9.59. The van der Waals surface area contributed by atoms with Crippen molar-refractivity contribution in [1.82, 2.24) is 10.1 Å². The molecule has 1 aliphatic heterocycles. The Morgan fingerprint density at radius 2 is 2.35 bits per heavy atom. The molecule has 1 aromatic rings. The Kier molecular flexibility index (Phi) is 2.01. The molecule has 6 nitrogen and oxygen atoms in total. The van der Waals surface area contributed by atoms with E-state index < -0.39 is 6.09 Å². The van der Waals surface area contributed by atoms with Crippen molar-refractivity contribution in [1.29, 1.82) is 0 Å². The lowest BCUT2D eigenvalue weighted by atomic mass is 9.95. The van der Waals surface area contributed by atoms with Gasteiger partial charge in [-0.3, -0.25) is 0 Å². The summed E-state index contributed by atoms with van der Waals surface area (Å²) in [5.41, 5.74) is 6.61. The van der Waals surface area contributed by atoms with Crippen LogP contribution in [0.15, 0.2) is 10.6 Å². The van der Waals surface area contributed by atoms with E-state index in [1.54, 1.807) is 0 Å². The second-order valence-corrected chi connectivity index (χ2v) is 4.97. The predicted molar refractivity (Wildman–Crippen MR) is 58.6 cm³/mol. The van der Waals surface area contributed by atoms with Crippen LogP contribution < -0.4 is 5.73 Å². The van der Waals surface area contributed by atoms with Crippen LogP contribution >= 0.6 is 0 Å². The smallest absolute Gasteiger partial charge is 0.407 e. The highest BCUT2D eigenvalue weighted by Crippen LogP contribution is 2.62. The van der Waals surface area contributed by atoms with Crippen molar-refractivity contribution in [3.05, 3.63) is 17.5 Å². The minimum Gasteiger partial charge on any atom is -0.465 e. The van der Waals surface area contributed by atoms with Gasteiger partial charge >= 0.3 is 6.09 Å².